The highest BCUT2D eigenvalue weighted by atomic mass is 32.2. The Hall–Kier alpha value is -4.71. The maximum Gasteiger partial charge on any atom is 0.251 e. The first kappa shape index (κ1) is 29.8. The van der Waals surface area contributed by atoms with Crippen LogP contribution >= 0.6 is 11.8 Å². The third-order valence-corrected chi connectivity index (χ3v) is 8.01. The average molecular weight is 604 g/mol. The summed E-state index contributed by atoms with van der Waals surface area (Å²) < 4.78 is 23.6. The standard InChI is InChI=1S/C31H33N5O6S/c1-39-24-14-8-7-13-23(24)36-27(18-32-30(38)21-16-25(40-2)29(42-4)26(17-21)41-3)33-34-31(36)43-19-28(37)35-15-9-11-20-10-5-6-12-22(20)35/h5-8,10,12-14,16-17H,9,11,15,18-19H2,1-4H3,(H,32,38). The first-order valence-corrected chi connectivity index (χ1v) is 14.6. The first-order chi connectivity index (χ1) is 21.0. The van der Waals surface area contributed by atoms with E-state index >= 15 is 0 Å². The summed E-state index contributed by atoms with van der Waals surface area (Å²) in [6, 6.07) is 18.6. The van der Waals surface area contributed by atoms with Gasteiger partial charge in [-0.05, 0) is 48.7 Å². The number of nitrogens with zero attached hydrogens (tertiary/aromatic N) is 4. The van der Waals surface area contributed by atoms with E-state index in [9.17, 15) is 9.59 Å². The maximum atomic E-state index is 13.4. The molecule has 11 nitrogen and oxygen atoms in total. The number of thioether (sulfide) groups is 1. The number of aromatic nitrogens is 3. The minimum Gasteiger partial charge on any atom is -0.495 e. The van der Waals surface area contributed by atoms with Gasteiger partial charge in [0.05, 0.1) is 46.4 Å². The number of aryl methyl sites for hydroxylation is 1. The molecule has 2 heterocycles. The van der Waals surface area contributed by atoms with Crippen LogP contribution in [0.25, 0.3) is 5.69 Å². The van der Waals surface area contributed by atoms with Gasteiger partial charge in [-0.15, -0.1) is 10.2 Å². The number of hydrogen-bond acceptors (Lipinski definition) is 9. The summed E-state index contributed by atoms with van der Waals surface area (Å²) in [4.78, 5) is 28.4. The van der Waals surface area contributed by atoms with Gasteiger partial charge in [-0.3, -0.25) is 14.2 Å². The third kappa shape index (κ3) is 6.24. The molecule has 0 saturated carbocycles. The van der Waals surface area contributed by atoms with Gasteiger partial charge < -0.3 is 29.2 Å². The van der Waals surface area contributed by atoms with Gasteiger partial charge >= 0.3 is 0 Å². The molecule has 1 aliphatic rings. The number of para-hydroxylation sites is 3. The highest BCUT2D eigenvalue weighted by Gasteiger charge is 2.25. The van der Waals surface area contributed by atoms with Crippen molar-refractivity contribution >= 4 is 29.3 Å². The van der Waals surface area contributed by atoms with Crippen LogP contribution in [0.3, 0.4) is 0 Å². The van der Waals surface area contributed by atoms with E-state index < -0.39 is 0 Å². The van der Waals surface area contributed by atoms with Gasteiger partial charge in [0.25, 0.3) is 5.91 Å². The molecule has 0 radical (unpaired) electrons. The lowest BCUT2D eigenvalue weighted by Crippen LogP contribution is -2.36. The molecular weight excluding hydrogens is 570 g/mol. The third-order valence-electron chi connectivity index (χ3n) is 7.10. The largest absolute Gasteiger partial charge is 0.495 e. The molecule has 1 N–H and O–H groups in total. The number of hydrogen-bond donors (Lipinski definition) is 1. The number of anilines is 1. The summed E-state index contributed by atoms with van der Waals surface area (Å²) in [6.45, 7) is 0.725. The number of carbonyl (C=O) groups excluding carboxylic acids is 2. The minimum atomic E-state index is -0.373. The van der Waals surface area contributed by atoms with Crippen LogP contribution < -0.4 is 29.2 Å². The van der Waals surface area contributed by atoms with E-state index in [1.807, 2.05) is 47.4 Å². The summed E-state index contributed by atoms with van der Waals surface area (Å²) >= 11 is 1.29. The predicted molar refractivity (Wildman–Crippen MR) is 163 cm³/mol. The fourth-order valence-corrected chi connectivity index (χ4v) is 5.88. The average Bonchev–Trinajstić information content (AvgIpc) is 3.47. The number of carbonyl (C=O) groups is 2. The molecule has 224 valence electrons. The summed E-state index contributed by atoms with van der Waals surface area (Å²) in [5.41, 5.74) is 3.14. The molecule has 0 bridgehead atoms. The van der Waals surface area contributed by atoms with Crippen LogP contribution in [0.5, 0.6) is 23.0 Å². The number of fused-ring (bicyclic) bond motifs is 1. The van der Waals surface area contributed by atoms with Crippen molar-refractivity contribution in [3.63, 3.8) is 0 Å². The Morgan fingerprint density at radius 3 is 2.23 bits per heavy atom. The number of methoxy groups -OCH3 is 4. The second-order valence-electron chi connectivity index (χ2n) is 9.57. The SMILES string of the molecule is COc1ccccc1-n1c(CNC(=O)c2cc(OC)c(OC)c(OC)c2)nnc1SCC(=O)N1CCCc2ccccc21. The van der Waals surface area contributed by atoms with Crippen molar-refractivity contribution in [1.82, 2.24) is 20.1 Å². The maximum absolute atomic E-state index is 13.4. The monoisotopic (exact) mass is 603 g/mol. The normalized spacial score (nSPS) is 12.3. The van der Waals surface area contributed by atoms with Crippen molar-refractivity contribution in [2.24, 2.45) is 0 Å². The van der Waals surface area contributed by atoms with Crippen molar-refractivity contribution in [1.29, 1.82) is 0 Å². The van der Waals surface area contributed by atoms with Gasteiger partial charge in [0.15, 0.2) is 22.5 Å². The van der Waals surface area contributed by atoms with Crippen LogP contribution in [-0.2, 0) is 17.8 Å². The molecule has 0 unspecified atom stereocenters. The second-order valence-corrected chi connectivity index (χ2v) is 10.5. The van der Waals surface area contributed by atoms with Gasteiger partial charge in [-0.2, -0.15) is 0 Å². The van der Waals surface area contributed by atoms with Gasteiger partial charge in [-0.1, -0.05) is 42.1 Å². The van der Waals surface area contributed by atoms with Crippen molar-refractivity contribution in [2.75, 3.05) is 45.6 Å². The zero-order chi connectivity index (χ0) is 30.3. The van der Waals surface area contributed by atoms with Crippen LogP contribution in [0.2, 0.25) is 0 Å². The molecule has 2 amide bonds. The van der Waals surface area contributed by atoms with Gasteiger partial charge in [0.2, 0.25) is 11.7 Å². The van der Waals surface area contributed by atoms with Gasteiger partial charge in [0.1, 0.15) is 5.75 Å². The Labute approximate surface area is 254 Å². The molecule has 0 saturated heterocycles. The smallest absolute Gasteiger partial charge is 0.251 e. The molecule has 5 rings (SSSR count). The van der Waals surface area contributed by atoms with Crippen LogP contribution in [0.4, 0.5) is 5.69 Å². The van der Waals surface area contributed by atoms with Crippen molar-refractivity contribution in [3.05, 3.63) is 77.6 Å². The Morgan fingerprint density at radius 2 is 1.53 bits per heavy atom. The summed E-state index contributed by atoms with van der Waals surface area (Å²) in [5, 5.41) is 12.2. The fraction of sp³-hybridized carbons (Fsp3) is 0.290. The molecule has 1 aliphatic heterocycles. The van der Waals surface area contributed by atoms with E-state index in [0.717, 1.165) is 18.5 Å². The molecule has 3 aromatic carbocycles. The summed E-state index contributed by atoms with van der Waals surface area (Å²) in [6.07, 6.45) is 1.88. The quantitative estimate of drug-likeness (QED) is 0.251. The fourth-order valence-electron chi connectivity index (χ4n) is 5.04. The van der Waals surface area contributed by atoms with E-state index in [1.165, 1.54) is 38.7 Å². The molecule has 0 fully saturated rings. The van der Waals surface area contributed by atoms with Crippen LogP contribution in [0.15, 0.2) is 65.8 Å². The zero-order valence-corrected chi connectivity index (χ0v) is 25.3. The van der Waals surface area contributed by atoms with E-state index in [2.05, 4.69) is 21.6 Å². The number of amides is 2. The first-order valence-electron chi connectivity index (χ1n) is 13.7. The van der Waals surface area contributed by atoms with Crippen molar-refractivity contribution in [3.8, 4) is 28.7 Å². The zero-order valence-electron chi connectivity index (χ0n) is 24.5. The topological polar surface area (TPSA) is 117 Å². The number of ether oxygens (including phenoxy) is 4. The molecule has 1 aromatic heterocycles. The van der Waals surface area contributed by atoms with Gasteiger partial charge in [0, 0.05) is 17.8 Å². The van der Waals surface area contributed by atoms with E-state index in [1.54, 1.807) is 23.8 Å². The van der Waals surface area contributed by atoms with E-state index in [4.69, 9.17) is 18.9 Å². The van der Waals surface area contributed by atoms with Gasteiger partial charge in [-0.25, -0.2) is 0 Å². The Kier molecular flexibility index (Phi) is 9.35. The van der Waals surface area contributed by atoms with Crippen LogP contribution in [0.1, 0.15) is 28.2 Å². The summed E-state index contributed by atoms with van der Waals surface area (Å²) in [5.74, 6) is 1.96. The van der Waals surface area contributed by atoms with Crippen LogP contribution in [0, 0.1) is 0 Å². The Morgan fingerprint density at radius 1 is 0.860 bits per heavy atom. The number of nitrogens with one attached hydrogen (secondary N) is 1. The Balaban J connectivity index is 1.39. The lowest BCUT2D eigenvalue weighted by atomic mass is 10.0. The molecule has 0 aliphatic carbocycles. The molecule has 4 aromatic rings. The lowest BCUT2D eigenvalue weighted by Gasteiger charge is -2.29. The number of rotatable bonds is 11. The molecule has 0 atom stereocenters. The predicted octanol–water partition coefficient (Wildman–Crippen LogP) is 4.30. The second kappa shape index (κ2) is 13.5. The summed E-state index contributed by atoms with van der Waals surface area (Å²) in [7, 11) is 6.06. The number of benzene rings is 3. The highest BCUT2D eigenvalue weighted by Crippen LogP contribution is 2.38. The molecule has 12 heteroatoms. The highest BCUT2D eigenvalue weighted by molar-refractivity contribution is 7.99. The molecule has 0 spiro atoms. The van der Waals surface area contributed by atoms with E-state index in [-0.39, 0.29) is 24.1 Å². The molecule has 43 heavy (non-hydrogen) atoms. The van der Waals surface area contributed by atoms with Crippen molar-refractivity contribution < 1.29 is 28.5 Å². The van der Waals surface area contributed by atoms with Crippen LogP contribution in [-0.4, -0.2) is 67.3 Å². The van der Waals surface area contributed by atoms with Crippen molar-refractivity contribution in [2.45, 2.75) is 24.5 Å². The molecular formula is C31H33N5O6S. The lowest BCUT2D eigenvalue weighted by molar-refractivity contribution is -0.116. The Bertz CT molecular complexity index is 1600. The van der Waals surface area contributed by atoms with E-state index in [0.29, 0.717) is 51.8 Å². The minimum absolute atomic E-state index is 0.0102.